The maximum absolute atomic E-state index is 6.84. The van der Waals surface area contributed by atoms with Crippen LogP contribution in [0.25, 0.3) is 4.85 Å². The first kappa shape index (κ1) is 8.48. The summed E-state index contributed by atoms with van der Waals surface area (Å²) >= 11 is 0. The number of nitrogens with zero attached hydrogens (tertiary/aromatic N) is 2. The Kier molecular flexibility index (Phi) is 2.60. The Morgan fingerprint density at radius 2 is 2.25 bits per heavy atom. The van der Waals surface area contributed by atoms with Gasteiger partial charge in [0.1, 0.15) is 0 Å². The quantitative estimate of drug-likeness (QED) is 0.440. The second-order valence-corrected chi connectivity index (χ2v) is 2.47. The van der Waals surface area contributed by atoms with Gasteiger partial charge in [-0.25, -0.2) is 4.85 Å². The fourth-order valence-corrected chi connectivity index (χ4v) is 0.994. The van der Waals surface area contributed by atoms with Crippen LogP contribution in [0.15, 0.2) is 23.2 Å². The van der Waals surface area contributed by atoms with Gasteiger partial charge in [0.05, 0.1) is 12.3 Å². The van der Waals surface area contributed by atoms with Gasteiger partial charge in [0.2, 0.25) is 0 Å². The van der Waals surface area contributed by atoms with Crippen molar-refractivity contribution in [3.63, 3.8) is 0 Å². The molecule has 0 amide bonds. The van der Waals surface area contributed by atoms with Gasteiger partial charge in [-0.2, -0.15) is 0 Å². The van der Waals surface area contributed by atoms with E-state index >= 15 is 0 Å². The fourth-order valence-electron chi connectivity index (χ4n) is 0.994. The van der Waals surface area contributed by atoms with E-state index in [1.54, 1.807) is 12.3 Å². The highest BCUT2D eigenvalue weighted by Gasteiger charge is 1.96. The van der Waals surface area contributed by atoms with Crippen LogP contribution >= 0.6 is 0 Å². The second-order valence-electron chi connectivity index (χ2n) is 2.47. The van der Waals surface area contributed by atoms with Crippen LogP contribution in [-0.4, -0.2) is 6.21 Å². The van der Waals surface area contributed by atoms with Crippen LogP contribution in [0.3, 0.4) is 0 Å². The van der Waals surface area contributed by atoms with Crippen molar-refractivity contribution in [2.45, 2.75) is 13.8 Å². The molecule has 1 rings (SSSR count). The third-order valence-electron chi connectivity index (χ3n) is 1.58. The molecule has 0 aromatic heterocycles. The number of aryl methyl sites for hydroxylation is 1. The lowest BCUT2D eigenvalue weighted by atomic mass is 10.2. The third-order valence-corrected chi connectivity index (χ3v) is 1.58. The molecule has 0 aliphatic rings. The van der Waals surface area contributed by atoms with E-state index in [1.807, 2.05) is 26.0 Å². The Balaban J connectivity index is 3.12. The van der Waals surface area contributed by atoms with Crippen molar-refractivity contribution in [1.29, 1.82) is 0 Å². The molecule has 0 atom stereocenters. The molecule has 0 saturated carbocycles. The van der Waals surface area contributed by atoms with Gasteiger partial charge < -0.3 is 0 Å². The van der Waals surface area contributed by atoms with Crippen LogP contribution in [0.1, 0.15) is 12.5 Å². The monoisotopic (exact) mass is 158 g/mol. The summed E-state index contributed by atoms with van der Waals surface area (Å²) < 4.78 is 0. The molecular formula is C10H10N2. The first-order valence-electron chi connectivity index (χ1n) is 3.74. The molecule has 0 N–H and O–H groups in total. The van der Waals surface area contributed by atoms with Crippen molar-refractivity contribution in [3.8, 4) is 0 Å². The summed E-state index contributed by atoms with van der Waals surface area (Å²) in [5, 5.41) is 0. The number of hydrogen-bond donors (Lipinski definition) is 0. The normalized spacial score (nSPS) is 10.1. The lowest BCUT2D eigenvalue weighted by molar-refractivity contribution is 1.44. The highest BCUT2D eigenvalue weighted by molar-refractivity contribution is 5.64. The second kappa shape index (κ2) is 3.68. The fraction of sp³-hybridized carbons (Fsp3) is 0.200. The number of hydrogen-bond acceptors (Lipinski definition) is 1. The molecule has 12 heavy (non-hydrogen) atoms. The van der Waals surface area contributed by atoms with Crippen LogP contribution in [0.5, 0.6) is 0 Å². The van der Waals surface area contributed by atoms with E-state index in [9.17, 15) is 0 Å². The molecular weight excluding hydrogens is 148 g/mol. The summed E-state index contributed by atoms with van der Waals surface area (Å²) in [4.78, 5) is 7.48. The summed E-state index contributed by atoms with van der Waals surface area (Å²) in [5.74, 6) is 0. The Labute approximate surface area is 72.4 Å². The molecule has 0 unspecified atom stereocenters. The molecule has 0 radical (unpaired) electrons. The van der Waals surface area contributed by atoms with Crippen molar-refractivity contribution in [3.05, 3.63) is 35.2 Å². The minimum Gasteiger partial charge on any atom is -0.262 e. The largest absolute Gasteiger partial charge is 0.262 e. The standard InChI is InChI=1S/C10H10N2/c1-4-12-9-5-6-10(11-3)8(2)7-9/h4-7H,1-2H3. The Hall–Kier alpha value is -1.62. The lowest BCUT2D eigenvalue weighted by Crippen LogP contribution is -1.72. The van der Waals surface area contributed by atoms with Gasteiger partial charge in [-0.3, -0.25) is 4.99 Å². The molecule has 60 valence electrons. The zero-order chi connectivity index (χ0) is 8.97. The molecule has 0 spiro atoms. The van der Waals surface area contributed by atoms with E-state index in [4.69, 9.17) is 6.57 Å². The zero-order valence-corrected chi connectivity index (χ0v) is 7.20. The molecule has 0 aliphatic heterocycles. The van der Waals surface area contributed by atoms with Crippen molar-refractivity contribution in [2.75, 3.05) is 0 Å². The SMILES string of the molecule is [C-]#[N+]c1ccc(N=CC)cc1C. The van der Waals surface area contributed by atoms with Gasteiger partial charge in [-0.15, -0.1) is 0 Å². The Bertz CT molecular complexity index is 345. The minimum atomic E-state index is 0.699. The predicted octanol–water partition coefficient (Wildman–Crippen LogP) is 3.27. The molecule has 0 aliphatic carbocycles. The van der Waals surface area contributed by atoms with Gasteiger partial charge in [0.15, 0.2) is 5.69 Å². The van der Waals surface area contributed by atoms with Gasteiger partial charge in [0, 0.05) is 6.21 Å². The van der Waals surface area contributed by atoms with Gasteiger partial charge >= 0.3 is 0 Å². The summed E-state index contributed by atoms with van der Waals surface area (Å²) in [6, 6.07) is 5.55. The summed E-state index contributed by atoms with van der Waals surface area (Å²) in [7, 11) is 0. The van der Waals surface area contributed by atoms with E-state index in [0.717, 1.165) is 11.3 Å². The van der Waals surface area contributed by atoms with Crippen molar-refractivity contribution in [2.24, 2.45) is 4.99 Å². The van der Waals surface area contributed by atoms with Crippen molar-refractivity contribution >= 4 is 17.6 Å². The molecule has 0 fully saturated rings. The van der Waals surface area contributed by atoms with E-state index in [0.29, 0.717) is 5.69 Å². The first-order valence-corrected chi connectivity index (χ1v) is 3.74. The summed E-state index contributed by atoms with van der Waals surface area (Å²) in [6.07, 6.45) is 1.74. The van der Waals surface area contributed by atoms with E-state index in [2.05, 4.69) is 9.84 Å². The van der Waals surface area contributed by atoms with Crippen LogP contribution in [-0.2, 0) is 0 Å². The number of rotatable bonds is 1. The smallest absolute Gasteiger partial charge is 0.190 e. The number of aliphatic imine (C=N–C) groups is 1. The molecule has 0 heterocycles. The van der Waals surface area contributed by atoms with E-state index in [1.165, 1.54) is 0 Å². The zero-order valence-electron chi connectivity index (χ0n) is 7.20. The average Bonchev–Trinajstić information content (AvgIpc) is 2.05. The molecule has 0 saturated heterocycles. The Morgan fingerprint density at radius 1 is 1.50 bits per heavy atom. The van der Waals surface area contributed by atoms with Crippen LogP contribution < -0.4 is 0 Å². The highest BCUT2D eigenvalue weighted by Crippen LogP contribution is 2.23. The average molecular weight is 158 g/mol. The molecule has 2 nitrogen and oxygen atoms in total. The van der Waals surface area contributed by atoms with Gasteiger partial charge in [0.25, 0.3) is 0 Å². The summed E-state index contributed by atoms with van der Waals surface area (Å²) in [6.45, 7) is 10.6. The highest BCUT2D eigenvalue weighted by atomic mass is 14.7. The van der Waals surface area contributed by atoms with Crippen LogP contribution in [0, 0.1) is 13.5 Å². The third kappa shape index (κ3) is 1.70. The number of benzene rings is 1. The predicted molar refractivity (Wildman–Crippen MR) is 51.3 cm³/mol. The van der Waals surface area contributed by atoms with Crippen LogP contribution in [0.4, 0.5) is 11.4 Å². The maximum Gasteiger partial charge on any atom is 0.190 e. The van der Waals surface area contributed by atoms with Crippen LogP contribution in [0.2, 0.25) is 0 Å². The van der Waals surface area contributed by atoms with Gasteiger partial charge in [-0.1, -0.05) is 6.07 Å². The van der Waals surface area contributed by atoms with E-state index in [-0.39, 0.29) is 0 Å². The molecule has 2 heteroatoms. The van der Waals surface area contributed by atoms with Crippen molar-refractivity contribution < 1.29 is 0 Å². The Morgan fingerprint density at radius 3 is 2.75 bits per heavy atom. The molecule has 1 aromatic rings. The summed E-state index contributed by atoms with van der Waals surface area (Å²) in [5.41, 5.74) is 2.58. The van der Waals surface area contributed by atoms with E-state index < -0.39 is 0 Å². The van der Waals surface area contributed by atoms with Crippen molar-refractivity contribution in [1.82, 2.24) is 0 Å². The topological polar surface area (TPSA) is 16.7 Å². The lowest BCUT2D eigenvalue weighted by Gasteiger charge is -1.97. The maximum atomic E-state index is 6.84. The van der Waals surface area contributed by atoms with Gasteiger partial charge in [-0.05, 0) is 31.5 Å². The first-order chi connectivity index (χ1) is 5.77. The minimum absolute atomic E-state index is 0.699. The molecule has 0 bridgehead atoms. The molecule has 1 aromatic carbocycles.